The molecule has 0 aliphatic carbocycles. The number of carbonyl (C=O) groups excluding carboxylic acids is 1. The van der Waals surface area contributed by atoms with Crippen LogP contribution < -0.4 is 15.2 Å². The summed E-state index contributed by atoms with van der Waals surface area (Å²) in [5, 5.41) is 0.498. The fourth-order valence-corrected chi connectivity index (χ4v) is 3.41. The van der Waals surface area contributed by atoms with Crippen molar-refractivity contribution < 1.29 is 19.0 Å². The van der Waals surface area contributed by atoms with E-state index >= 15 is 0 Å². The number of cyclic esters (lactones) is 1. The summed E-state index contributed by atoms with van der Waals surface area (Å²) in [5.41, 5.74) is 8.31. The van der Waals surface area contributed by atoms with E-state index < -0.39 is 0 Å². The molecule has 1 saturated heterocycles. The highest BCUT2D eigenvalue weighted by Crippen LogP contribution is 2.31. The molecule has 1 aliphatic rings. The second kappa shape index (κ2) is 7.96. The van der Waals surface area contributed by atoms with Crippen molar-refractivity contribution in [1.82, 2.24) is 4.90 Å². The number of rotatable bonds is 6. The molecule has 2 atom stereocenters. The van der Waals surface area contributed by atoms with Gasteiger partial charge in [-0.05, 0) is 48.7 Å². The summed E-state index contributed by atoms with van der Waals surface area (Å²) in [7, 11) is 3.20. The average molecular weight is 391 g/mol. The monoisotopic (exact) mass is 390 g/mol. The average Bonchev–Trinajstić information content (AvgIpc) is 2.91. The third kappa shape index (κ3) is 4.06. The molecule has 7 heteroatoms. The van der Waals surface area contributed by atoms with E-state index in [9.17, 15) is 4.79 Å². The summed E-state index contributed by atoms with van der Waals surface area (Å²) < 4.78 is 16.1. The SMILES string of the molecule is COc1ccc(C[C@H]2C(C)OC(=O)N2Cc2ccc(Cl)c(N)c2)cc1OC. The van der Waals surface area contributed by atoms with E-state index in [1.807, 2.05) is 31.2 Å². The van der Waals surface area contributed by atoms with Gasteiger partial charge in [0.2, 0.25) is 0 Å². The molecule has 2 aromatic carbocycles. The van der Waals surface area contributed by atoms with Crippen molar-refractivity contribution >= 4 is 23.4 Å². The summed E-state index contributed by atoms with van der Waals surface area (Å²) in [4.78, 5) is 14.1. The van der Waals surface area contributed by atoms with Gasteiger partial charge in [0.15, 0.2) is 11.5 Å². The maximum Gasteiger partial charge on any atom is 0.410 e. The molecule has 0 radical (unpaired) electrons. The van der Waals surface area contributed by atoms with Gasteiger partial charge in [-0.2, -0.15) is 0 Å². The maximum absolute atomic E-state index is 12.4. The van der Waals surface area contributed by atoms with E-state index in [1.165, 1.54) is 0 Å². The second-order valence-electron chi connectivity index (χ2n) is 6.53. The summed E-state index contributed by atoms with van der Waals surface area (Å²) in [6.45, 7) is 2.31. The second-order valence-corrected chi connectivity index (χ2v) is 6.94. The van der Waals surface area contributed by atoms with Crippen molar-refractivity contribution in [2.45, 2.75) is 32.0 Å². The number of hydrogen-bond acceptors (Lipinski definition) is 5. The first kappa shape index (κ1) is 19.2. The number of hydrogen-bond donors (Lipinski definition) is 1. The zero-order valence-corrected chi connectivity index (χ0v) is 16.3. The van der Waals surface area contributed by atoms with Crippen LogP contribution in [-0.2, 0) is 17.7 Å². The van der Waals surface area contributed by atoms with Crippen LogP contribution in [0.2, 0.25) is 5.02 Å². The van der Waals surface area contributed by atoms with Crippen LogP contribution in [0.4, 0.5) is 10.5 Å². The van der Waals surface area contributed by atoms with Crippen molar-refractivity contribution in [1.29, 1.82) is 0 Å². The predicted molar refractivity (Wildman–Crippen MR) is 104 cm³/mol. The largest absolute Gasteiger partial charge is 0.493 e. The molecule has 1 heterocycles. The number of ether oxygens (including phenoxy) is 3. The molecule has 27 heavy (non-hydrogen) atoms. The van der Waals surface area contributed by atoms with Crippen molar-refractivity contribution in [3.63, 3.8) is 0 Å². The van der Waals surface area contributed by atoms with Gasteiger partial charge < -0.3 is 19.9 Å². The summed E-state index contributed by atoms with van der Waals surface area (Å²) >= 11 is 5.99. The van der Waals surface area contributed by atoms with Crippen molar-refractivity contribution in [2.24, 2.45) is 0 Å². The third-order valence-electron chi connectivity index (χ3n) is 4.77. The Bertz CT molecular complexity index is 843. The van der Waals surface area contributed by atoms with Gasteiger partial charge in [0, 0.05) is 6.54 Å². The van der Waals surface area contributed by atoms with E-state index in [0.717, 1.165) is 11.1 Å². The van der Waals surface area contributed by atoms with E-state index in [2.05, 4.69) is 0 Å². The van der Waals surface area contributed by atoms with Gasteiger partial charge in [0.25, 0.3) is 0 Å². The van der Waals surface area contributed by atoms with Crippen molar-refractivity contribution in [2.75, 3.05) is 20.0 Å². The Labute approximate surface area is 163 Å². The lowest BCUT2D eigenvalue weighted by molar-refractivity contribution is 0.136. The number of methoxy groups -OCH3 is 2. The van der Waals surface area contributed by atoms with Gasteiger partial charge in [0.1, 0.15) is 6.10 Å². The fourth-order valence-electron chi connectivity index (χ4n) is 3.29. The molecule has 0 aromatic heterocycles. The smallest absolute Gasteiger partial charge is 0.410 e. The molecule has 6 nitrogen and oxygen atoms in total. The third-order valence-corrected chi connectivity index (χ3v) is 5.11. The van der Waals surface area contributed by atoms with Crippen LogP contribution >= 0.6 is 11.6 Å². The Balaban J connectivity index is 1.81. The van der Waals surface area contributed by atoms with Gasteiger partial charge in [0.05, 0.1) is 31.0 Å². The number of amides is 1. The number of nitrogen functional groups attached to an aromatic ring is 1. The molecule has 2 aromatic rings. The number of carbonyl (C=O) groups is 1. The molecule has 0 saturated carbocycles. The first-order valence-corrected chi connectivity index (χ1v) is 9.02. The normalized spacial score (nSPS) is 19.1. The lowest BCUT2D eigenvalue weighted by Crippen LogP contribution is -2.37. The molecule has 0 bridgehead atoms. The summed E-state index contributed by atoms with van der Waals surface area (Å²) in [6, 6.07) is 11.0. The lowest BCUT2D eigenvalue weighted by atomic mass is 10.0. The van der Waals surface area contributed by atoms with Crippen LogP contribution in [0.25, 0.3) is 0 Å². The quantitative estimate of drug-likeness (QED) is 0.757. The predicted octanol–water partition coefficient (Wildman–Crippen LogP) is 3.89. The first-order valence-electron chi connectivity index (χ1n) is 8.65. The zero-order valence-electron chi connectivity index (χ0n) is 15.6. The Hall–Kier alpha value is -2.60. The molecular formula is C20H23ClN2O4. The first-order chi connectivity index (χ1) is 12.9. The standard InChI is InChI=1S/C20H23ClN2O4/c1-12-17(9-13-5-7-18(25-2)19(10-13)26-3)23(20(24)27-12)11-14-4-6-15(21)16(22)8-14/h4-8,10,12,17H,9,11,22H2,1-3H3/t12?,17-/m0/s1. The number of nitrogens with two attached hydrogens (primary N) is 1. The minimum atomic E-state index is -0.332. The summed E-state index contributed by atoms with van der Waals surface area (Å²) in [6.07, 6.45) is 0.0767. The molecule has 144 valence electrons. The highest BCUT2D eigenvalue weighted by atomic mass is 35.5. The molecule has 1 unspecified atom stereocenters. The Morgan fingerprint density at radius 1 is 1.11 bits per heavy atom. The minimum absolute atomic E-state index is 0.104. The zero-order chi connectivity index (χ0) is 19.6. The van der Waals surface area contributed by atoms with E-state index in [0.29, 0.717) is 35.2 Å². The van der Waals surface area contributed by atoms with Gasteiger partial charge >= 0.3 is 6.09 Å². The Morgan fingerprint density at radius 2 is 1.81 bits per heavy atom. The van der Waals surface area contributed by atoms with Gasteiger partial charge in [-0.3, -0.25) is 4.90 Å². The van der Waals surface area contributed by atoms with Gasteiger partial charge in [-0.25, -0.2) is 4.79 Å². The Kier molecular flexibility index (Phi) is 5.65. The molecule has 2 N–H and O–H groups in total. The highest BCUT2D eigenvalue weighted by molar-refractivity contribution is 6.33. The van der Waals surface area contributed by atoms with Crippen LogP contribution in [0.5, 0.6) is 11.5 Å². The van der Waals surface area contributed by atoms with Crippen molar-refractivity contribution in [3.8, 4) is 11.5 Å². The highest BCUT2D eigenvalue weighted by Gasteiger charge is 2.39. The van der Waals surface area contributed by atoms with Crippen LogP contribution in [0, 0.1) is 0 Å². The van der Waals surface area contributed by atoms with Crippen molar-refractivity contribution in [3.05, 3.63) is 52.5 Å². The maximum atomic E-state index is 12.4. The lowest BCUT2D eigenvalue weighted by Gasteiger charge is -2.24. The molecule has 3 rings (SSSR count). The number of benzene rings is 2. The Morgan fingerprint density at radius 3 is 2.48 bits per heavy atom. The molecule has 1 aliphatic heterocycles. The van der Waals surface area contributed by atoms with Crippen LogP contribution in [-0.4, -0.2) is 37.4 Å². The molecule has 1 amide bonds. The van der Waals surface area contributed by atoms with Crippen LogP contribution in [0.15, 0.2) is 36.4 Å². The molecule has 0 spiro atoms. The summed E-state index contributed by atoms with van der Waals surface area (Å²) in [5.74, 6) is 1.33. The number of anilines is 1. The van der Waals surface area contributed by atoms with E-state index in [-0.39, 0.29) is 18.2 Å². The van der Waals surface area contributed by atoms with Gasteiger partial charge in [-0.1, -0.05) is 23.7 Å². The number of halogens is 1. The van der Waals surface area contributed by atoms with E-state index in [1.54, 1.807) is 31.3 Å². The fraction of sp³-hybridized carbons (Fsp3) is 0.350. The number of nitrogens with zero attached hydrogens (tertiary/aromatic N) is 1. The van der Waals surface area contributed by atoms with E-state index in [4.69, 9.17) is 31.5 Å². The minimum Gasteiger partial charge on any atom is -0.493 e. The van der Waals surface area contributed by atoms with Crippen LogP contribution in [0.1, 0.15) is 18.1 Å². The topological polar surface area (TPSA) is 74.0 Å². The molecular weight excluding hydrogens is 368 g/mol. The molecule has 1 fully saturated rings. The van der Waals surface area contributed by atoms with Gasteiger partial charge in [-0.15, -0.1) is 0 Å². The van der Waals surface area contributed by atoms with Crippen LogP contribution in [0.3, 0.4) is 0 Å².